The van der Waals surface area contributed by atoms with Gasteiger partial charge < -0.3 is 16.4 Å². The Kier molecular flexibility index (Phi) is 5.38. The number of hydrogen-bond donors (Lipinski definition) is 3. The van der Waals surface area contributed by atoms with Crippen molar-refractivity contribution in [3.63, 3.8) is 0 Å². The average Bonchev–Trinajstić information content (AvgIpc) is 2.33. The van der Waals surface area contributed by atoms with Crippen LogP contribution in [0.5, 0.6) is 0 Å². The molecule has 7 heteroatoms. The van der Waals surface area contributed by atoms with Gasteiger partial charge in [-0.25, -0.2) is 8.42 Å². The van der Waals surface area contributed by atoms with Gasteiger partial charge in [-0.2, -0.15) is 0 Å². The number of para-hydroxylation sites is 1. The predicted octanol–water partition coefficient (Wildman–Crippen LogP) is 0.856. The smallest absolute Gasteiger partial charge is 0.239 e. The molecule has 0 aliphatic carbocycles. The highest BCUT2D eigenvalue weighted by atomic mass is 32.2. The van der Waals surface area contributed by atoms with Gasteiger partial charge in [-0.05, 0) is 18.1 Å². The van der Waals surface area contributed by atoms with Gasteiger partial charge in [0.05, 0.1) is 22.8 Å². The molecular formula is C13H21N3O3S. The van der Waals surface area contributed by atoms with Crippen LogP contribution in [0, 0.1) is 5.92 Å². The lowest BCUT2D eigenvalue weighted by molar-refractivity contribution is -0.119. The van der Waals surface area contributed by atoms with Gasteiger partial charge in [0.2, 0.25) is 5.91 Å². The van der Waals surface area contributed by atoms with Crippen LogP contribution in [-0.2, 0) is 14.6 Å². The van der Waals surface area contributed by atoms with Crippen molar-refractivity contribution in [3.05, 3.63) is 18.2 Å². The van der Waals surface area contributed by atoms with Gasteiger partial charge in [-0.15, -0.1) is 0 Å². The van der Waals surface area contributed by atoms with Crippen molar-refractivity contribution >= 4 is 27.1 Å². The highest BCUT2D eigenvalue weighted by Crippen LogP contribution is 2.26. The number of nitrogens with two attached hydrogens (primary N) is 1. The van der Waals surface area contributed by atoms with Gasteiger partial charge in [0.25, 0.3) is 0 Å². The van der Waals surface area contributed by atoms with Crippen LogP contribution in [0.2, 0.25) is 0 Å². The lowest BCUT2D eigenvalue weighted by atomic mass is 10.2. The lowest BCUT2D eigenvalue weighted by Crippen LogP contribution is -2.32. The first-order chi connectivity index (χ1) is 9.21. The summed E-state index contributed by atoms with van der Waals surface area (Å²) in [6.07, 6.45) is 1.10. The van der Waals surface area contributed by atoms with Gasteiger partial charge in [0.15, 0.2) is 9.84 Å². The largest absolute Gasteiger partial charge is 0.396 e. The predicted molar refractivity (Wildman–Crippen MR) is 80.3 cm³/mol. The maximum atomic E-state index is 11.6. The fourth-order valence-corrected chi connectivity index (χ4v) is 2.41. The van der Waals surface area contributed by atoms with E-state index in [4.69, 9.17) is 5.73 Å². The van der Waals surface area contributed by atoms with Crippen molar-refractivity contribution in [2.75, 3.05) is 30.4 Å². The molecule has 1 amide bonds. The second-order valence-corrected chi connectivity index (χ2v) is 7.03. The Labute approximate surface area is 119 Å². The first-order valence-corrected chi connectivity index (χ1v) is 8.20. The fraction of sp³-hybridized carbons (Fsp3) is 0.462. The van der Waals surface area contributed by atoms with Gasteiger partial charge >= 0.3 is 0 Å². The monoisotopic (exact) mass is 299 g/mol. The fourth-order valence-electron chi connectivity index (χ4n) is 1.58. The van der Waals surface area contributed by atoms with Crippen LogP contribution in [0.1, 0.15) is 13.8 Å². The standard InChI is InChI=1S/C13H21N3O3S/c1-9(2)7-16-12(17)8-15-10-5-4-6-11(13(10)14)20(3,18)19/h4-6,9,15H,7-8,14H2,1-3H3,(H,16,17). The summed E-state index contributed by atoms with van der Waals surface area (Å²) in [6.45, 7) is 4.64. The third-order valence-electron chi connectivity index (χ3n) is 2.61. The maximum Gasteiger partial charge on any atom is 0.239 e. The van der Waals surface area contributed by atoms with Crippen LogP contribution >= 0.6 is 0 Å². The molecule has 0 fully saturated rings. The van der Waals surface area contributed by atoms with E-state index in [0.717, 1.165) is 6.26 Å². The summed E-state index contributed by atoms with van der Waals surface area (Å²) in [5.74, 6) is 0.209. The minimum atomic E-state index is -3.38. The van der Waals surface area contributed by atoms with Crippen molar-refractivity contribution < 1.29 is 13.2 Å². The van der Waals surface area contributed by atoms with E-state index in [-0.39, 0.29) is 23.0 Å². The van der Waals surface area contributed by atoms with Crippen LogP contribution in [0.3, 0.4) is 0 Å². The van der Waals surface area contributed by atoms with E-state index in [0.29, 0.717) is 18.2 Å². The highest BCUT2D eigenvalue weighted by Gasteiger charge is 2.14. The molecule has 0 aromatic heterocycles. The van der Waals surface area contributed by atoms with Crippen molar-refractivity contribution in [2.45, 2.75) is 18.7 Å². The molecule has 4 N–H and O–H groups in total. The number of benzene rings is 1. The van der Waals surface area contributed by atoms with Gasteiger partial charge in [-0.3, -0.25) is 4.79 Å². The van der Waals surface area contributed by atoms with Crippen molar-refractivity contribution in [1.82, 2.24) is 5.32 Å². The molecule has 1 rings (SSSR count). The average molecular weight is 299 g/mol. The van der Waals surface area contributed by atoms with Gasteiger partial charge in [0, 0.05) is 12.8 Å². The first kappa shape index (κ1) is 16.3. The van der Waals surface area contributed by atoms with Crippen molar-refractivity contribution in [1.29, 1.82) is 0 Å². The van der Waals surface area contributed by atoms with Crippen LogP contribution in [-0.4, -0.2) is 33.7 Å². The molecule has 0 bridgehead atoms. The molecule has 1 aromatic rings. The number of nitrogen functional groups attached to an aromatic ring is 1. The first-order valence-electron chi connectivity index (χ1n) is 6.31. The summed E-state index contributed by atoms with van der Waals surface area (Å²) >= 11 is 0. The Hall–Kier alpha value is -1.76. The van der Waals surface area contributed by atoms with Crippen LogP contribution in [0.25, 0.3) is 0 Å². The molecule has 0 unspecified atom stereocenters. The van der Waals surface area contributed by atoms with Crippen LogP contribution < -0.4 is 16.4 Å². The molecule has 1 aromatic carbocycles. The number of amides is 1. The number of sulfone groups is 1. The number of hydrogen-bond acceptors (Lipinski definition) is 5. The van der Waals surface area contributed by atoms with Gasteiger partial charge in [0.1, 0.15) is 0 Å². The number of carbonyl (C=O) groups excluding carboxylic acids is 1. The quantitative estimate of drug-likeness (QED) is 0.676. The Bertz CT molecular complexity index is 583. The van der Waals surface area contributed by atoms with E-state index in [2.05, 4.69) is 10.6 Å². The van der Waals surface area contributed by atoms with E-state index in [1.165, 1.54) is 6.07 Å². The minimum absolute atomic E-state index is 0.0458. The Morgan fingerprint density at radius 1 is 1.35 bits per heavy atom. The molecule has 0 aliphatic rings. The molecule has 0 heterocycles. The van der Waals surface area contributed by atoms with E-state index in [1.54, 1.807) is 12.1 Å². The molecule has 0 saturated carbocycles. The van der Waals surface area contributed by atoms with Crippen molar-refractivity contribution in [2.24, 2.45) is 5.92 Å². The minimum Gasteiger partial charge on any atom is -0.396 e. The molecule has 0 aliphatic heterocycles. The molecule has 0 radical (unpaired) electrons. The third-order valence-corrected chi connectivity index (χ3v) is 3.77. The summed E-state index contributed by atoms with van der Waals surface area (Å²) in [4.78, 5) is 11.6. The Morgan fingerprint density at radius 3 is 2.55 bits per heavy atom. The zero-order chi connectivity index (χ0) is 15.3. The van der Waals surface area contributed by atoms with E-state index >= 15 is 0 Å². The second-order valence-electron chi connectivity index (χ2n) is 5.04. The molecule has 0 atom stereocenters. The number of rotatable bonds is 6. The summed E-state index contributed by atoms with van der Waals surface area (Å²) in [5.41, 5.74) is 6.37. The molecular weight excluding hydrogens is 278 g/mol. The summed E-state index contributed by atoms with van der Waals surface area (Å²) in [5, 5.41) is 5.60. The normalized spacial score (nSPS) is 11.4. The number of anilines is 2. The zero-order valence-corrected chi connectivity index (χ0v) is 12.8. The topological polar surface area (TPSA) is 101 Å². The Balaban J connectivity index is 2.73. The molecule has 6 nitrogen and oxygen atoms in total. The van der Waals surface area contributed by atoms with E-state index in [9.17, 15) is 13.2 Å². The second kappa shape index (κ2) is 6.60. The third kappa shape index (κ3) is 4.73. The van der Waals surface area contributed by atoms with Crippen molar-refractivity contribution in [3.8, 4) is 0 Å². The summed E-state index contributed by atoms with van der Waals surface area (Å²) in [6, 6.07) is 4.66. The molecule has 20 heavy (non-hydrogen) atoms. The number of nitrogens with one attached hydrogen (secondary N) is 2. The maximum absolute atomic E-state index is 11.6. The molecule has 0 spiro atoms. The van der Waals surface area contributed by atoms with Crippen LogP contribution in [0.4, 0.5) is 11.4 Å². The number of carbonyl (C=O) groups is 1. The van der Waals surface area contributed by atoms with E-state index < -0.39 is 9.84 Å². The Morgan fingerprint density at radius 2 is 2.00 bits per heavy atom. The molecule has 0 saturated heterocycles. The molecule has 112 valence electrons. The highest BCUT2D eigenvalue weighted by molar-refractivity contribution is 7.90. The van der Waals surface area contributed by atoms with Gasteiger partial charge in [-0.1, -0.05) is 19.9 Å². The zero-order valence-electron chi connectivity index (χ0n) is 11.9. The lowest BCUT2D eigenvalue weighted by Gasteiger charge is -2.12. The SMILES string of the molecule is CC(C)CNC(=O)CNc1cccc(S(C)(=O)=O)c1N. The summed E-state index contributed by atoms with van der Waals surface area (Å²) < 4.78 is 23.1. The summed E-state index contributed by atoms with van der Waals surface area (Å²) in [7, 11) is -3.38. The van der Waals surface area contributed by atoms with E-state index in [1.807, 2.05) is 13.8 Å². The van der Waals surface area contributed by atoms with Crippen LogP contribution in [0.15, 0.2) is 23.1 Å².